The summed E-state index contributed by atoms with van der Waals surface area (Å²) in [5.41, 5.74) is 2.40. The van der Waals surface area contributed by atoms with Gasteiger partial charge in [-0.15, -0.1) is 0 Å². The summed E-state index contributed by atoms with van der Waals surface area (Å²) in [6.45, 7) is 4.28. The maximum absolute atomic E-state index is 12.5. The van der Waals surface area contributed by atoms with Crippen molar-refractivity contribution in [1.29, 1.82) is 0 Å². The predicted octanol–water partition coefficient (Wildman–Crippen LogP) is 1.05. The van der Waals surface area contributed by atoms with Gasteiger partial charge in [0.05, 0.1) is 24.9 Å². The molecule has 0 unspecified atom stereocenters. The second-order valence-electron chi connectivity index (χ2n) is 8.80. The van der Waals surface area contributed by atoms with E-state index in [0.717, 1.165) is 37.8 Å². The molecule has 2 saturated heterocycles. The molecule has 29 heavy (non-hydrogen) atoms. The zero-order chi connectivity index (χ0) is 20.2. The summed E-state index contributed by atoms with van der Waals surface area (Å²) in [7, 11) is 0. The van der Waals surface area contributed by atoms with E-state index in [2.05, 4.69) is 29.6 Å². The highest BCUT2D eigenvalue weighted by Gasteiger charge is 2.47. The summed E-state index contributed by atoms with van der Waals surface area (Å²) in [5, 5.41) is 2.91. The van der Waals surface area contributed by atoms with E-state index in [1.807, 2.05) is 0 Å². The van der Waals surface area contributed by atoms with E-state index in [1.54, 1.807) is 4.90 Å². The van der Waals surface area contributed by atoms with Crippen LogP contribution in [-0.2, 0) is 27.5 Å². The van der Waals surface area contributed by atoms with Crippen LogP contribution in [0.4, 0.5) is 0 Å². The first-order valence-corrected chi connectivity index (χ1v) is 11.1. The van der Waals surface area contributed by atoms with Gasteiger partial charge in [0.15, 0.2) is 0 Å². The van der Waals surface area contributed by atoms with Crippen LogP contribution >= 0.6 is 0 Å². The number of rotatable bonds is 7. The van der Waals surface area contributed by atoms with E-state index in [0.29, 0.717) is 6.54 Å². The number of amides is 3. The van der Waals surface area contributed by atoms with Crippen LogP contribution in [0.2, 0.25) is 0 Å². The van der Waals surface area contributed by atoms with Gasteiger partial charge in [0.25, 0.3) is 0 Å². The number of benzene rings is 1. The first kappa shape index (κ1) is 20.1. The molecule has 0 bridgehead atoms. The molecule has 3 fully saturated rings. The fourth-order valence-electron chi connectivity index (χ4n) is 5.07. The molecule has 6 nitrogen and oxygen atoms in total. The molecule has 6 heteroatoms. The summed E-state index contributed by atoms with van der Waals surface area (Å²) in [6, 6.07) is 8.44. The van der Waals surface area contributed by atoms with Crippen LogP contribution < -0.4 is 10.2 Å². The molecule has 0 spiro atoms. The maximum Gasteiger partial charge on any atom is 0.233 e. The highest BCUT2D eigenvalue weighted by molar-refractivity contribution is 6.05. The quantitative estimate of drug-likeness (QED) is 0.675. The lowest BCUT2D eigenvalue weighted by Gasteiger charge is -2.19. The Bertz CT molecular complexity index is 731. The first-order valence-electron chi connectivity index (χ1n) is 11.1. The summed E-state index contributed by atoms with van der Waals surface area (Å²) >= 11 is 0. The monoisotopic (exact) mass is 398 g/mol. The van der Waals surface area contributed by atoms with E-state index in [4.69, 9.17) is 0 Å². The number of nitrogens with zero attached hydrogens (tertiary/aromatic N) is 1. The van der Waals surface area contributed by atoms with Crippen molar-refractivity contribution >= 4 is 17.7 Å². The van der Waals surface area contributed by atoms with Gasteiger partial charge in [-0.25, -0.2) is 0 Å². The van der Waals surface area contributed by atoms with Crippen molar-refractivity contribution in [2.75, 3.05) is 19.6 Å². The van der Waals surface area contributed by atoms with Gasteiger partial charge in [0.2, 0.25) is 17.7 Å². The number of hydrogen-bond donors (Lipinski definition) is 2. The van der Waals surface area contributed by atoms with Gasteiger partial charge in [-0.2, -0.15) is 0 Å². The third-order valence-corrected chi connectivity index (χ3v) is 6.77. The first-order chi connectivity index (χ1) is 14.1. The summed E-state index contributed by atoms with van der Waals surface area (Å²) in [5.74, 6) is -0.530. The van der Waals surface area contributed by atoms with Crippen molar-refractivity contribution in [2.45, 2.75) is 58.0 Å². The van der Waals surface area contributed by atoms with Crippen LogP contribution in [0.25, 0.3) is 0 Å². The summed E-state index contributed by atoms with van der Waals surface area (Å²) < 4.78 is 0. The predicted molar refractivity (Wildman–Crippen MR) is 109 cm³/mol. The molecule has 1 aliphatic carbocycles. The lowest BCUT2D eigenvalue weighted by Crippen LogP contribution is -3.08. The average Bonchev–Trinajstić information content (AvgIpc) is 3.33. The van der Waals surface area contributed by atoms with Crippen molar-refractivity contribution in [1.82, 2.24) is 10.2 Å². The van der Waals surface area contributed by atoms with Crippen molar-refractivity contribution < 1.29 is 19.3 Å². The third kappa shape index (κ3) is 4.69. The van der Waals surface area contributed by atoms with Crippen LogP contribution in [0, 0.1) is 11.8 Å². The van der Waals surface area contributed by atoms with Crippen LogP contribution in [0.3, 0.4) is 0 Å². The number of quaternary nitrogens is 1. The Kier molecular flexibility index (Phi) is 6.28. The van der Waals surface area contributed by atoms with E-state index < -0.39 is 0 Å². The largest absolute Gasteiger partial charge is 0.352 e. The van der Waals surface area contributed by atoms with Crippen molar-refractivity contribution in [3.05, 3.63) is 35.4 Å². The molecule has 2 heterocycles. The topological polar surface area (TPSA) is 70.9 Å². The standard InChI is InChI=1S/C23H31N3O3/c27-21(11-14-26-22(28)19-5-1-2-6-20(19)23(26)29)24-15-17-7-9-18(10-8-17)16-25-12-3-4-13-25/h7-10,19-20H,1-6,11-16H2,(H,24,27)/p+1/t19-,20+. The number of carbonyl (C=O) groups excluding carboxylic acids is 3. The SMILES string of the molecule is O=C(CCN1C(=O)[C@H]2CCCC[C@H]2C1=O)NCc1ccc(C[NH+]2CCCC2)cc1. The Morgan fingerprint density at radius 2 is 1.52 bits per heavy atom. The van der Waals surface area contributed by atoms with Crippen LogP contribution in [0.5, 0.6) is 0 Å². The molecule has 1 aromatic rings. The van der Waals surface area contributed by atoms with Crippen molar-refractivity contribution in [3.63, 3.8) is 0 Å². The molecule has 0 aromatic heterocycles. The van der Waals surface area contributed by atoms with Crippen LogP contribution in [-0.4, -0.2) is 42.3 Å². The molecule has 3 aliphatic rings. The van der Waals surface area contributed by atoms with Gasteiger partial charge in [0, 0.05) is 37.9 Å². The molecule has 0 radical (unpaired) electrons. The van der Waals surface area contributed by atoms with Gasteiger partial charge in [-0.05, 0) is 18.4 Å². The normalized spacial score (nSPS) is 24.8. The van der Waals surface area contributed by atoms with E-state index in [1.165, 1.54) is 36.4 Å². The lowest BCUT2D eigenvalue weighted by molar-refractivity contribution is -0.901. The average molecular weight is 399 g/mol. The molecule has 2 aliphatic heterocycles. The van der Waals surface area contributed by atoms with Gasteiger partial charge >= 0.3 is 0 Å². The minimum atomic E-state index is -0.139. The van der Waals surface area contributed by atoms with Crippen LogP contribution in [0.15, 0.2) is 24.3 Å². The molecule has 1 aromatic carbocycles. The molecular weight excluding hydrogens is 366 g/mol. The zero-order valence-corrected chi connectivity index (χ0v) is 17.1. The number of likely N-dealkylation sites (tertiary alicyclic amines) is 2. The highest BCUT2D eigenvalue weighted by atomic mass is 16.2. The summed E-state index contributed by atoms with van der Waals surface area (Å²) in [6.07, 6.45) is 6.50. The minimum Gasteiger partial charge on any atom is -0.352 e. The van der Waals surface area contributed by atoms with E-state index in [-0.39, 0.29) is 42.5 Å². The molecular formula is C23H32N3O3+. The van der Waals surface area contributed by atoms with Gasteiger partial charge in [0.1, 0.15) is 6.54 Å². The van der Waals surface area contributed by atoms with E-state index in [9.17, 15) is 14.4 Å². The molecule has 156 valence electrons. The number of fused-ring (bicyclic) bond motifs is 1. The second-order valence-corrected chi connectivity index (χ2v) is 8.80. The van der Waals surface area contributed by atoms with Crippen molar-refractivity contribution in [3.8, 4) is 0 Å². The number of carbonyl (C=O) groups is 3. The Labute approximate surface area is 172 Å². The van der Waals surface area contributed by atoms with Crippen LogP contribution in [0.1, 0.15) is 56.1 Å². The Morgan fingerprint density at radius 3 is 2.14 bits per heavy atom. The fraction of sp³-hybridized carbons (Fsp3) is 0.609. The maximum atomic E-state index is 12.5. The number of hydrogen-bond acceptors (Lipinski definition) is 3. The number of imide groups is 1. The molecule has 3 amide bonds. The van der Waals surface area contributed by atoms with Gasteiger partial charge in [-0.3, -0.25) is 19.3 Å². The smallest absolute Gasteiger partial charge is 0.233 e. The fourth-order valence-corrected chi connectivity index (χ4v) is 5.07. The summed E-state index contributed by atoms with van der Waals surface area (Å²) in [4.78, 5) is 40.2. The highest BCUT2D eigenvalue weighted by Crippen LogP contribution is 2.37. The Balaban J connectivity index is 1.21. The molecule has 1 saturated carbocycles. The third-order valence-electron chi connectivity index (χ3n) is 6.77. The second kappa shape index (κ2) is 9.08. The molecule has 2 N–H and O–H groups in total. The zero-order valence-electron chi connectivity index (χ0n) is 17.1. The Hall–Kier alpha value is -2.21. The molecule has 4 rings (SSSR count). The molecule has 2 atom stereocenters. The lowest BCUT2D eigenvalue weighted by atomic mass is 9.81. The Morgan fingerprint density at radius 1 is 0.931 bits per heavy atom. The van der Waals surface area contributed by atoms with Gasteiger partial charge < -0.3 is 10.2 Å². The van der Waals surface area contributed by atoms with Gasteiger partial charge in [-0.1, -0.05) is 37.1 Å². The van der Waals surface area contributed by atoms with Crippen molar-refractivity contribution in [2.24, 2.45) is 11.8 Å². The number of nitrogens with one attached hydrogen (secondary N) is 2. The van der Waals surface area contributed by atoms with E-state index >= 15 is 0 Å². The minimum absolute atomic E-state index is 0.0665.